The molecule has 1 aromatic rings. The zero-order valence-corrected chi connectivity index (χ0v) is 11.8. The number of nitrogens with zero attached hydrogens (tertiary/aromatic N) is 1. The molecule has 114 valence electrons. The van der Waals surface area contributed by atoms with E-state index in [1.807, 2.05) is 0 Å². The molecule has 0 aliphatic rings. The molecule has 0 saturated carbocycles. The number of carbonyl (C=O) groups excluding carboxylic acids is 2. The van der Waals surface area contributed by atoms with Gasteiger partial charge in [-0.2, -0.15) is 0 Å². The van der Waals surface area contributed by atoms with Crippen LogP contribution in [0, 0.1) is 10.1 Å². The zero-order chi connectivity index (χ0) is 15.8. The van der Waals surface area contributed by atoms with Crippen LogP contribution in [0.5, 0.6) is 0 Å². The summed E-state index contributed by atoms with van der Waals surface area (Å²) in [6.07, 6.45) is 0. The average molecular weight is 295 g/mol. The standard InChI is InChI=1S/C13H17N3O5/c1-9(17)15-11(13(18)21-2)8-14-7-10-5-3-4-6-12(10)16(19)20/h3-6,11,14H,7-8H2,1-2H3,(H,15,17). The molecular formula is C13H17N3O5. The first-order valence-corrected chi connectivity index (χ1v) is 6.23. The minimum atomic E-state index is -0.838. The second-order valence-electron chi connectivity index (χ2n) is 4.29. The smallest absolute Gasteiger partial charge is 0.329 e. The predicted molar refractivity (Wildman–Crippen MR) is 74.4 cm³/mol. The summed E-state index contributed by atoms with van der Waals surface area (Å²) >= 11 is 0. The molecular weight excluding hydrogens is 278 g/mol. The number of amides is 1. The maximum atomic E-state index is 11.5. The quantitative estimate of drug-likeness (QED) is 0.427. The first kappa shape index (κ1) is 16.6. The van der Waals surface area contributed by atoms with Crippen molar-refractivity contribution in [3.8, 4) is 0 Å². The van der Waals surface area contributed by atoms with Gasteiger partial charge in [0.25, 0.3) is 5.69 Å². The molecule has 21 heavy (non-hydrogen) atoms. The van der Waals surface area contributed by atoms with Gasteiger partial charge in [0.15, 0.2) is 0 Å². The molecule has 8 heteroatoms. The third-order valence-corrected chi connectivity index (χ3v) is 2.72. The first-order chi connectivity index (χ1) is 9.95. The third kappa shape index (κ3) is 5.19. The Morgan fingerprint density at radius 3 is 2.62 bits per heavy atom. The van der Waals surface area contributed by atoms with E-state index in [0.29, 0.717) is 5.56 Å². The van der Waals surface area contributed by atoms with Gasteiger partial charge in [-0.25, -0.2) is 4.79 Å². The molecule has 0 saturated heterocycles. The molecule has 0 spiro atoms. The highest BCUT2D eigenvalue weighted by atomic mass is 16.6. The number of ether oxygens (including phenoxy) is 1. The highest BCUT2D eigenvalue weighted by Gasteiger charge is 2.20. The zero-order valence-electron chi connectivity index (χ0n) is 11.8. The highest BCUT2D eigenvalue weighted by molar-refractivity contribution is 5.83. The fourth-order valence-electron chi connectivity index (χ4n) is 1.77. The monoisotopic (exact) mass is 295 g/mol. The SMILES string of the molecule is COC(=O)C(CNCc1ccccc1[N+](=O)[O-])NC(C)=O. The molecule has 1 atom stereocenters. The molecule has 0 aromatic heterocycles. The number of carbonyl (C=O) groups is 2. The van der Waals surface area contributed by atoms with Crippen LogP contribution < -0.4 is 10.6 Å². The lowest BCUT2D eigenvalue weighted by Crippen LogP contribution is -2.46. The summed E-state index contributed by atoms with van der Waals surface area (Å²) in [6, 6.07) is 5.46. The largest absolute Gasteiger partial charge is 0.467 e. The summed E-state index contributed by atoms with van der Waals surface area (Å²) in [5.41, 5.74) is 0.494. The van der Waals surface area contributed by atoms with E-state index < -0.39 is 16.9 Å². The Kier molecular flexibility index (Phi) is 6.28. The minimum absolute atomic E-state index is 0.000792. The number of hydrogen-bond donors (Lipinski definition) is 2. The van der Waals surface area contributed by atoms with Gasteiger partial charge in [-0.15, -0.1) is 0 Å². The summed E-state index contributed by atoms with van der Waals surface area (Å²) in [5, 5.41) is 16.2. The number of esters is 1. The Bertz CT molecular complexity index is 532. The molecule has 0 bridgehead atoms. The molecule has 1 rings (SSSR count). The van der Waals surface area contributed by atoms with Crippen molar-refractivity contribution in [2.75, 3.05) is 13.7 Å². The van der Waals surface area contributed by atoms with Crippen LogP contribution in [0.15, 0.2) is 24.3 Å². The lowest BCUT2D eigenvalue weighted by molar-refractivity contribution is -0.385. The van der Waals surface area contributed by atoms with Crippen molar-refractivity contribution >= 4 is 17.6 Å². The van der Waals surface area contributed by atoms with Gasteiger partial charge in [0.2, 0.25) is 5.91 Å². The molecule has 1 amide bonds. The van der Waals surface area contributed by atoms with Gasteiger partial charge in [-0.1, -0.05) is 18.2 Å². The Balaban J connectivity index is 2.64. The van der Waals surface area contributed by atoms with E-state index >= 15 is 0 Å². The molecule has 8 nitrogen and oxygen atoms in total. The van der Waals surface area contributed by atoms with Gasteiger partial charge in [0.05, 0.1) is 12.0 Å². The van der Waals surface area contributed by atoms with Gasteiger partial charge < -0.3 is 15.4 Å². The number of nitro benzene ring substituents is 1. The van der Waals surface area contributed by atoms with Crippen LogP contribution in [0.4, 0.5) is 5.69 Å². The topological polar surface area (TPSA) is 111 Å². The van der Waals surface area contributed by atoms with Crippen LogP contribution in [0.25, 0.3) is 0 Å². The summed E-state index contributed by atoms with van der Waals surface area (Å²) in [6.45, 7) is 1.60. The first-order valence-electron chi connectivity index (χ1n) is 6.23. The van der Waals surface area contributed by atoms with Crippen LogP contribution in [0.3, 0.4) is 0 Å². The molecule has 0 fully saturated rings. The predicted octanol–water partition coefficient (Wildman–Crippen LogP) is 0.362. The Labute approximate surface area is 121 Å². The fourth-order valence-corrected chi connectivity index (χ4v) is 1.77. The van der Waals surface area contributed by atoms with E-state index in [1.54, 1.807) is 18.2 Å². The number of methoxy groups -OCH3 is 1. The lowest BCUT2D eigenvalue weighted by Gasteiger charge is -2.16. The van der Waals surface area contributed by atoms with Crippen LogP contribution in [0.1, 0.15) is 12.5 Å². The Morgan fingerprint density at radius 1 is 1.38 bits per heavy atom. The molecule has 1 unspecified atom stereocenters. The minimum Gasteiger partial charge on any atom is -0.467 e. The summed E-state index contributed by atoms with van der Waals surface area (Å²) in [4.78, 5) is 32.9. The number of rotatable bonds is 7. The van der Waals surface area contributed by atoms with Gasteiger partial charge in [-0.05, 0) is 0 Å². The molecule has 0 heterocycles. The molecule has 0 radical (unpaired) electrons. The average Bonchev–Trinajstić information content (AvgIpc) is 2.45. The second-order valence-corrected chi connectivity index (χ2v) is 4.29. The summed E-state index contributed by atoms with van der Waals surface area (Å²) in [7, 11) is 1.22. The molecule has 1 aromatic carbocycles. The van der Waals surface area contributed by atoms with Gasteiger partial charge in [0.1, 0.15) is 6.04 Å². The highest BCUT2D eigenvalue weighted by Crippen LogP contribution is 2.16. The summed E-state index contributed by atoms with van der Waals surface area (Å²) < 4.78 is 4.58. The Hall–Kier alpha value is -2.48. The second kappa shape index (κ2) is 7.95. The van der Waals surface area contributed by atoms with Gasteiger partial charge in [-0.3, -0.25) is 14.9 Å². The summed E-state index contributed by atoms with van der Waals surface area (Å²) in [5.74, 6) is -0.946. The maximum Gasteiger partial charge on any atom is 0.329 e. The third-order valence-electron chi connectivity index (χ3n) is 2.72. The van der Waals surface area contributed by atoms with Crippen molar-refractivity contribution < 1.29 is 19.2 Å². The van der Waals surface area contributed by atoms with Crippen molar-refractivity contribution in [1.29, 1.82) is 0 Å². The van der Waals surface area contributed by atoms with Crippen LogP contribution in [0.2, 0.25) is 0 Å². The number of benzene rings is 1. The van der Waals surface area contributed by atoms with Gasteiger partial charge in [0, 0.05) is 31.6 Å². The van der Waals surface area contributed by atoms with Crippen LogP contribution in [-0.2, 0) is 20.9 Å². The number of hydrogen-bond acceptors (Lipinski definition) is 6. The van der Waals surface area contributed by atoms with Crippen LogP contribution >= 0.6 is 0 Å². The number of para-hydroxylation sites is 1. The molecule has 0 aliphatic carbocycles. The van der Waals surface area contributed by atoms with E-state index in [1.165, 1.54) is 20.1 Å². The van der Waals surface area contributed by atoms with E-state index in [9.17, 15) is 19.7 Å². The van der Waals surface area contributed by atoms with Crippen molar-refractivity contribution in [3.05, 3.63) is 39.9 Å². The van der Waals surface area contributed by atoms with Gasteiger partial charge >= 0.3 is 5.97 Å². The maximum absolute atomic E-state index is 11.5. The van der Waals surface area contributed by atoms with Crippen molar-refractivity contribution in [2.45, 2.75) is 19.5 Å². The normalized spacial score (nSPS) is 11.5. The Morgan fingerprint density at radius 2 is 2.05 bits per heavy atom. The van der Waals surface area contributed by atoms with E-state index in [4.69, 9.17) is 0 Å². The van der Waals surface area contributed by atoms with Crippen molar-refractivity contribution in [3.63, 3.8) is 0 Å². The van der Waals surface area contributed by atoms with Crippen molar-refractivity contribution in [1.82, 2.24) is 10.6 Å². The number of nitro groups is 1. The molecule has 0 aliphatic heterocycles. The van der Waals surface area contributed by atoms with Crippen LogP contribution in [-0.4, -0.2) is 36.5 Å². The van der Waals surface area contributed by atoms with Crippen molar-refractivity contribution in [2.24, 2.45) is 0 Å². The number of nitrogens with one attached hydrogen (secondary N) is 2. The van der Waals surface area contributed by atoms with E-state index in [2.05, 4.69) is 15.4 Å². The van der Waals surface area contributed by atoms with E-state index in [-0.39, 0.29) is 24.7 Å². The molecule has 2 N–H and O–H groups in total. The van der Waals surface area contributed by atoms with E-state index in [0.717, 1.165) is 0 Å². The fraction of sp³-hybridized carbons (Fsp3) is 0.385. The lowest BCUT2D eigenvalue weighted by atomic mass is 10.1.